The molecule has 0 amide bonds. The number of halogens is 2. The molecule has 0 unspecified atom stereocenters. The minimum Gasteiger partial charge on any atom is -0.378 e. The van der Waals surface area contributed by atoms with Crippen LogP contribution in [-0.4, -0.2) is 24.1 Å². The van der Waals surface area contributed by atoms with Crippen LogP contribution in [0.5, 0.6) is 0 Å². The second-order valence-corrected chi connectivity index (χ2v) is 6.57. The Kier molecular flexibility index (Phi) is 4.86. The first-order valence-electron chi connectivity index (χ1n) is 6.41. The lowest BCUT2D eigenvalue weighted by Gasteiger charge is -2.13. The average molecular weight is 402 g/mol. The van der Waals surface area contributed by atoms with Gasteiger partial charge in [-0.15, -0.1) is 0 Å². The highest BCUT2D eigenvalue weighted by Crippen LogP contribution is 2.28. The molecule has 0 spiro atoms. The maximum Gasteiger partial charge on any atom is 0.161 e. The summed E-state index contributed by atoms with van der Waals surface area (Å²) in [6, 6.07) is 8.16. The van der Waals surface area contributed by atoms with Crippen molar-refractivity contribution < 1.29 is 0 Å². The molecule has 106 valence electrons. The third-order valence-corrected chi connectivity index (χ3v) is 4.68. The van der Waals surface area contributed by atoms with Crippen LogP contribution in [0.4, 0.5) is 5.69 Å². The first kappa shape index (κ1) is 15.5. The maximum absolute atomic E-state index is 6.23. The molecule has 0 aliphatic rings. The van der Waals surface area contributed by atoms with Crippen molar-refractivity contribution in [2.75, 3.05) is 19.0 Å². The van der Waals surface area contributed by atoms with Crippen LogP contribution in [0.2, 0.25) is 5.15 Å². The minimum absolute atomic E-state index is 0.321. The van der Waals surface area contributed by atoms with Crippen molar-refractivity contribution in [2.45, 2.75) is 19.8 Å². The summed E-state index contributed by atoms with van der Waals surface area (Å²) in [5, 5.41) is 0.524. The topological polar surface area (TPSA) is 29.0 Å². The van der Waals surface area contributed by atoms with Gasteiger partial charge in [-0.25, -0.2) is 9.97 Å². The van der Waals surface area contributed by atoms with E-state index in [2.05, 4.69) is 63.4 Å². The summed E-state index contributed by atoms with van der Waals surface area (Å²) in [7, 11) is 4.04. The van der Waals surface area contributed by atoms with Crippen LogP contribution in [0.25, 0.3) is 11.4 Å². The van der Waals surface area contributed by atoms with Crippen molar-refractivity contribution in [3.63, 3.8) is 0 Å². The van der Waals surface area contributed by atoms with Gasteiger partial charge in [0.15, 0.2) is 5.82 Å². The zero-order valence-electron chi connectivity index (χ0n) is 12.0. The molecular formula is C15H17ClIN3. The van der Waals surface area contributed by atoms with E-state index in [1.807, 2.05) is 26.2 Å². The molecule has 0 radical (unpaired) electrons. The molecule has 0 aliphatic carbocycles. The molecule has 2 rings (SSSR count). The zero-order valence-corrected chi connectivity index (χ0v) is 14.9. The molecule has 0 N–H and O–H groups in total. The normalized spacial score (nSPS) is 10.9. The number of hydrogen-bond acceptors (Lipinski definition) is 3. The second kappa shape index (κ2) is 6.26. The smallest absolute Gasteiger partial charge is 0.161 e. The molecule has 2 aromatic rings. The van der Waals surface area contributed by atoms with Gasteiger partial charge >= 0.3 is 0 Å². The fourth-order valence-electron chi connectivity index (χ4n) is 1.86. The highest BCUT2D eigenvalue weighted by Gasteiger charge is 2.14. The van der Waals surface area contributed by atoms with Crippen LogP contribution in [0, 0.1) is 3.57 Å². The van der Waals surface area contributed by atoms with Gasteiger partial charge in [0.1, 0.15) is 5.15 Å². The number of rotatable bonds is 3. The van der Waals surface area contributed by atoms with E-state index in [-0.39, 0.29) is 0 Å². The summed E-state index contributed by atoms with van der Waals surface area (Å²) in [4.78, 5) is 11.1. The summed E-state index contributed by atoms with van der Waals surface area (Å²) in [5.74, 6) is 1.01. The van der Waals surface area contributed by atoms with Crippen LogP contribution in [-0.2, 0) is 0 Å². The number of nitrogens with zero attached hydrogens (tertiary/aromatic N) is 3. The van der Waals surface area contributed by atoms with Gasteiger partial charge in [0, 0.05) is 25.3 Å². The predicted octanol–water partition coefficient (Wildman–Crippen LogP) is 4.59. The van der Waals surface area contributed by atoms with Crippen LogP contribution in [0.1, 0.15) is 25.5 Å². The Labute approximate surface area is 138 Å². The quantitative estimate of drug-likeness (QED) is 0.556. The SMILES string of the molecule is CC(C)c1nc(-c2ccc(N(C)C)cc2)nc(Cl)c1I. The van der Waals surface area contributed by atoms with E-state index in [0.29, 0.717) is 16.9 Å². The first-order valence-corrected chi connectivity index (χ1v) is 7.86. The van der Waals surface area contributed by atoms with Crippen LogP contribution >= 0.6 is 34.2 Å². The molecule has 0 bridgehead atoms. The van der Waals surface area contributed by atoms with E-state index in [1.165, 1.54) is 0 Å². The van der Waals surface area contributed by atoms with Gasteiger partial charge in [-0.2, -0.15) is 0 Å². The van der Waals surface area contributed by atoms with E-state index >= 15 is 0 Å². The van der Waals surface area contributed by atoms with Gasteiger partial charge < -0.3 is 4.90 Å². The van der Waals surface area contributed by atoms with E-state index < -0.39 is 0 Å². The lowest BCUT2D eigenvalue weighted by molar-refractivity contribution is 0.808. The number of hydrogen-bond donors (Lipinski definition) is 0. The van der Waals surface area contributed by atoms with Crippen molar-refractivity contribution in [3.05, 3.63) is 38.7 Å². The predicted molar refractivity (Wildman–Crippen MR) is 93.6 cm³/mol. The summed E-state index contributed by atoms with van der Waals surface area (Å²) >= 11 is 8.43. The average Bonchev–Trinajstić information content (AvgIpc) is 2.41. The fraction of sp³-hybridized carbons (Fsp3) is 0.333. The number of aromatic nitrogens is 2. The summed E-state index contributed by atoms with van der Waals surface area (Å²) < 4.78 is 0.938. The Morgan fingerprint density at radius 3 is 2.20 bits per heavy atom. The fourth-order valence-corrected chi connectivity index (χ4v) is 2.90. The van der Waals surface area contributed by atoms with Gasteiger partial charge in [0.05, 0.1) is 9.26 Å². The standard InChI is InChI=1S/C15H17ClIN3/c1-9(2)13-12(17)14(16)19-15(18-13)10-5-7-11(8-6-10)20(3)4/h5-9H,1-4H3. The van der Waals surface area contributed by atoms with Gasteiger partial charge in [0.2, 0.25) is 0 Å². The third-order valence-electron chi connectivity index (χ3n) is 3.03. The minimum atomic E-state index is 0.321. The van der Waals surface area contributed by atoms with Crippen LogP contribution in [0.3, 0.4) is 0 Å². The Balaban J connectivity index is 2.47. The largest absolute Gasteiger partial charge is 0.378 e. The van der Waals surface area contributed by atoms with Crippen LogP contribution < -0.4 is 4.90 Å². The van der Waals surface area contributed by atoms with Gasteiger partial charge in [-0.3, -0.25) is 0 Å². The Morgan fingerprint density at radius 2 is 1.70 bits per heavy atom. The molecule has 20 heavy (non-hydrogen) atoms. The Bertz CT molecular complexity index is 609. The summed E-state index contributed by atoms with van der Waals surface area (Å²) in [5.41, 5.74) is 3.13. The lowest BCUT2D eigenvalue weighted by Crippen LogP contribution is -2.08. The summed E-state index contributed by atoms with van der Waals surface area (Å²) in [6.45, 7) is 4.22. The maximum atomic E-state index is 6.23. The van der Waals surface area contributed by atoms with Crippen molar-refractivity contribution in [1.82, 2.24) is 9.97 Å². The van der Waals surface area contributed by atoms with Crippen molar-refractivity contribution >= 4 is 39.9 Å². The van der Waals surface area contributed by atoms with Gasteiger partial charge in [0.25, 0.3) is 0 Å². The zero-order chi connectivity index (χ0) is 14.9. The molecule has 1 aromatic carbocycles. The molecule has 1 aromatic heterocycles. The Morgan fingerprint density at radius 1 is 1.10 bits per heavy atom. The Hall–Kier alpha value is -0.880. The van der Waals surface area contributed by atoms with E-state index in [4.69, 9.17) is 11.6 Å². The third kappa shape index (κ3) is 3.23. The van der Waals surface area contributed by atoms with Crippen LogP contribution in [0.15, 0.2) is 24.3 Å². The van der Waals surface area contributed by atoms with E-state index in [1.54, 1.807) is 0 Å². The molecular weight excluding hydrogens is 385 g/mol. The monoisotopic (exact) mass is 401 g/mol. The highest BCUT2D eigenvalue weighted by molar-refractivity contribution is 14.1. The molecule has 0 aliphatic heterocycles. The molecule has 5 heteroatoms. The van der Waals surface area contributed by atoms with E-state index in [0.717, 1.165) is 20.5 Å². The van der Waals surface area contributed by atoms with E-state index in [9.17, 15) is 0 Å². The second-order valence-electron chi connectivity index (χ2n) is 5.13. The molecule has 3 nitrogen and oxygen atoms in total. The van der Waals surface area contributed by atoms with Crippen molar-refractivity contribution in [1.29, 1.82) is 0 Å². The summed E-state index contributed by atoms with van der Waals surface area (Å²) in [6.07, 6.45) is 0. The first-order chi connectivity index (χ1) is 9.40. The molecule has 0 saturated heterocycles. The number of benzene rings is 1. The number of anilines is 1. The molecule has 0 atom stereocenters. The lowest BCUT2D eigenvalue weighted by atomic mass is 10.1. The van der Waals surface area contributed by atoms with Crippen molar-refractivity contribution in [3.8, 4) is 11.4 Å². The van der Waals surface area contributed by atoms with Gasteiger partial charge in [-0.1, -0.05) is 25.4 Å². The van der Waals surface area contributed by atoms with Gasteiger partial charge in [-0.05, 0) is 52.8 Å². The molecule has 0 saturated carbocycles. The molecule has 1 heterocycles. The molecule has 0 fully saturated rings. The highest BCUT2D eigenvalue weighted by atomic mass is 127. The van der Waals surface area contributed by atoms with Crippen molar-refractivity contribution in [2.24, 2.45) is 0 Å².